The lowest BCUT2D eigenvalue weighted by Crippen LogP contribution is -2.40. The number of hydrogen-bond donors (Lipinski definition) is 1. The van der Waals surface area contributed by atoms with Crippen molar-refractivity contribution in [2.75, 3.05) is 13.1 Å². The van der Waals surface area contributed by atoms with E-state index in [0.29, 0.717) is 49.2 Å². The molecule has 158 valence electrons. The van der Waals surface area contributed by atoms with Gasteiger partial charge in [-0.25, -0.2) is 39.1 Å². The summed E-state index contributed by atoms with van der Waals surface area (Å²) in [5, 5.41) is 0. The number of rotatable bonds is 8. The largest absolute Gasteiger partial charge is 0.243 e. The van der Waals surface area contributed by atoms with Gasteiger partial charge in [-0.1, -0.05) is 0 Å². The highest BCUT2D eigenvalue weighted by molar-refractivity contribution is 7.89. The smallest absolute Gasteiger partial charge is 0.210 e. The van der Waals surface area contributed by atoms with Crippen LogP contribution in [0.25, 0.3) is 0 Å². The van der Waals surface area contributed by atoms with Crippen molar-refractivity contribution in [3.63, 3.8) is 0 Å². The Morgan fingerprint density at radius 2 is 1.24 bits per heavy atom. The number of hydrogen-bond acceptors (Lipinski definition) is 4. The van der Waals surface area contributed by atoms with Gasteiger partial charge in [-0.05, 0) is 37.1 Å². The van der Waals surface area contributed by atoms with Crippen molar-refractivity contribution in [3.8, 4) is 0 Å². The van der Waals surface area contributed by atoms with Crippen LogP contribution >= 0.6 is 0 Å². The summed E-state index contributed by atoms with van der Waals surface area (Å²) >= 11 is 0. The molecule has 0 aromatic heterocycles. The van der Waals surface area contributed by atoms with Crippen LogP contribution in [-0.2, 0) is 20.0 Å². The maximum atomic E-state index is 13.4. The molecule has 1 aliphatic rings. The predicted octanol–water partition coefficient (Wildman–Crippen LogP) is 2.37. The van der Waals surface area contributed by atoms with Crippen LogP contribution in [0.1, 0.15) is 12.8 Å². The molecule has 29 heavy (non-hydrogen) atoms. The van der Waals surface area contributed by atoms with Crippen LogP contribution in [0.2, 0.25) is 0 Å². The number of sulfonamides is 2. The second-order valence-electron chi connectivity index (χ2n) is 6.46. The number of halogens is 4. The van der Waals surface area contributed by atoms with E-state index in [1.165, 1.54) is 0 Å². The molecule has 0 atom stereocenters. The molecule has 0 saturated heterocycles. The van der Waals surface area contributed by atoms with Crippen molar-refractivity contribution in [1.82, 2.24) is 9.03 Å². The third kappa shape index (κ3) is 5.13. The quantitative estimate of drug-likeness (QED) is 0.624. The third-order valence-electron chi connectivity index (χ3n) is 4.17. The molecule has 6 nitrogen and oxygen atoms in total. The van der Waals surface area contributed by atoms with Gasteiger partial charge in [-0.15, -0.1) is 0 Å². The molecule has 1 fully saturated rings. The second kappa shape index (κ2) is 8.01. The Labute approximate surface area is 165 Å². The van der Waals surface area contributed by atoms with Crippen molar-refractivity contribution >= 4 is 20.0 Å². The molecule has 0 radical (unpaired) electrons. The summed E-state index contributed by atoms with van der Waals surface area (Å²) in [6, 6.07) is 3.21. The van der Waals surface area contributed by atoms with Gasteiger partial charge in [0.1, 0.15) is 23.3 Å². The second-order valence-corrected chi connectivity index (χ2v) is 10.1. The van der Waals surface area contributed by atoms with Gasteiger partial charge in [0.25, 0.3) is 0 Å². The zero-order chi connectivity index (χ0) is 21.4. The first-order valence-electron chi connectivity index (χ1n) is 8.43. The van der Waals surface area contributed by atoms with Crippen molar-refractivity contribution in [2.45, 2.75) is 28.7 Å². The minimum atomic E-state index is -4.30. The highest BCUT2D eigenvalue weighted by Crippen LogP contribution is 2.32. The van der Waals surface area contributed by atoms with Crippen LogP contribution in [-0.4, -0.2) is 40.3 Å². The van der Waals surface area contributed by atoms with E-state index in [1.807, 2.05) is 0 Å². The molecule has 0 aliphatic heterocycles. The van der Waals surface area contributed by atoms with Crippen LogP contribution in [0.5, 0.6) is 0 Å². The summed E-state index contributed by atoms with van der Waals surface area (Å²) in [6.07, 6.45) is 1.03. The Bertz CT molecular complexity index is 1100. The van der Waals surface area contributed by atoms with Crippen molar-refractivity contribution in [3.05, 3.63) is 59.7 Å². The molecule has 12 heteroatoms. The van der Waals surface area contributed by atoms with E-state index in [-0.39, 0.29) is 6.54 Å². The lowest BCUT2D eigenvalue weighted by molar-refractivity contribution is 0.405. The zero-order valence-corrected chi connectivity index (χ0v) is 16.4. The fourth-order valence-electron chi connectivity index (χ4n) is 2.73. The predicted molar refractivity (Wildman–Crippen MR) is 94.8 cm³/mol. The molecule has 0 spiro atoms. The molecule has 1 N–H and O–H groups in total. The van der Waals surface area contributed by atoms with Gasteiger partial charge >= 0.3 is 0 Å². The molecule has 0 amide bonds. The first-order valence-corrected chi connectivity index (χ1v) is 11.3. The maximum absolute atomic E-state index is 13.4. The molecule has 2 aromatic rings. The fourth-order valence-corrected chi connectivity index (χ4v) is 5.52. The van der Waals surface area contributed by atoms with Crippen molar-refractivity contribution in [1.29, 1.82) is 0 Å². The molecule has 2 aromatic carbocycles. The molecule has 0 unspecified atom stereocenters. The molecule has 0 bridgehead atoms. The van der Waals surface area contributed by atoms with Gasteiger partial charge in [-0.2, -0.15) is 4.31 Å². The Balaban J connectivity index is 1.76. The van der Waals surface area contributed by atoms with E-state index in [0.717, 1.165) is 4.31 Å². The van der Waals surface area contributed by atoms with Gasteiger partial charge in [0.15, 0.2) is 0 Å². The Morgan fingerprint density at radius 1 is 0.793 bits per heavy atom. The maximum Gasteiger partial charge on any atom is 0.243 e. The van der Waals surface area contributed by atoms with E-state index in [1.54, 1.807) is 0 Å². The van der Waals surface area contributed by atoms with Crippen LogP contribution < -0.4 is 4.72 Å². The number of benzene rings is 2. The highest BCUT2D eigenvalue weighted by atomic mass is 32.2. The zero-order valence-electron chi connectivity index (χ0n) is 14.8. The van der Waals surface area contributed by atoms with Crippen LogP contribution in [0, 0.1) is 23.3 Å². The number of nitrogens with zero attached hydrogens (tertiary/aromatic N) is 1. The van der Waals surface area contributed by atoms with Crippen molar-refractivity contribution < 1.29 is 34.4 Å². The van der Waals surface area contributed by atoms with Gasteiger partial charge < -0.3 is 0 Å². The highest BCUT2D eigenvalue weighted by Gasteiger charge is 2.38. The van der Waals surface area contributed by atoms with E-state index < -0.39 is 65.7 Å². The summed E-state index contributed by atoms with van der Waals surface area (Å²) in [5.41, 5.74) is 0. The van der Waals surface area contributed by atoms with Gasteiger partial charge in [0, 0.05) is 31.3 Å². The molecule has 0 heterocycles. The van der Waals surface area contributed by atoms with Gasteiger partial charge in [-0.3, -0.25) is 0 Å². The lowest BCUT2D eigenvalue weighted by Gasteiger charge is -2.22. The topological polar surface area (TPSA) is 83.6 Å². The van der Waals surface area contributed by atoms with Gasteiger partial charge in [0.2, 0.25) is 20.0 Å². The average molecular weight is 452 g/mol. The molecule has 1 saturated carbocycles. The Hall–Kier alpha value is -2.02. The SMILES string of the molecule is O=S(=O)(NCCN(C1CC1)S(=O)(=O)c1cc(F)cc(F)c1)c1cc(F)cc(F)c1. The summed E-state index contributed by atoms with van der Waals surface area (Å²) in [5.74, 6) is -4.29. The molecular weight excluding hydrogens is 436 g/mol. The summed E-state index contributed by atoms with van der Waals surface area (Å²) in [7, 11) is -8.58. The Kier molecular flexibility index (Phi) is 5.99. The Morgan fingerprint density at radius 3 is 1.69 bits per heavy atom. The van der Waals surface area contributed by atoms with E-state index >= 15 is 0 Å². The van der Waals surface area contributed by atoms with E-state index in [9.17, 15) is 34.4 Å². The summed E-state index contributed by atoms with van der Waals surface area (Å²) in [4.78, 5) is -1.24. The van der Waals surface area contributed by atoms with Crippen molar-refractivity contribution in [2.24, 2.45) is 0 Å². The first-order chi connectivity index (χ1) is 13.5. The fraction of sp³-hybridized carbons (Fsp3) is 0.294. The summed E-state index contributed by atoms with van der Waals surface area (Å²) in [6.45, 7) is -0.740. The third-order valence-corrected chi connectivity index (χ3v) is 7.54. The molecular formula is C17H16F4N2O4S2. The van der Waals surface area contributed by atoms with Crippen LogP contribution in [0.3, 0.4) is 0 Å². The molecule has 1 aliphatic carbocycles. The minimum Gasteiger partial charge on any atom is -0.210 e. The minimum absolute atomic E-state index is 0.331. The van der Waals surface area contributed by atoms with Gasteiger partial charge in [0.05, 0.1) is 9.79 Å². The summed E-state index contributed by atoms with van der Waals surface area (Å²) < 4.78 is 106. The number of nitrogens with one attached hydrogen (secondary N) is 1. The monoisotopic (exact) mass is 452 g/mol. The van der Waals surface area contributed by atoms with Crippen LogP contribution in [0.4, 0.5) is 17.6 Å². The van der Waals surface area contributed by atoms with E-state index in [2.05, 4.69) is 4.72 Å². The van der Waals surface area contributed by atoms with Crippen LogP contribution in [0.15, 0.2) is 46.2 Å². The first kappa shape index (κ1) is 21.7. The normalized spacial score (nSPS) is 15.1. The van der Waals surface area contributed by atoms with E-state index in [4.69, 9.17) is 0 Å². The molecule has 3 rings (SSSR count). The average Bonchev–Trinajstić information content (AvgIpc) is 3.41. The standard InChI is InChI=1S/C17H16F4N2O4S2/c18-11-5-12(19)8-16(7-11)28(24,25)22-3-4-23(15-1-2-15)29(26,27)17-9-13(20)6-14(21)10-17/h5-10,15,22H,1-4H2. The lowest BCUT2D eigenvalue weighted by atomic mass is 10.3.